The van der Waals surface area contributed by atoms with E-state index in [0.29, 0.717) is 19.0 Å². The molecule has 0 aromatic heterocycles. The van der Waals surface area contributed by atoms with Gasteiger partial charge in [-0.1, -0.05) is 13.3 Å². The number of aliphatic carboxylic acids is 1. The molecular weight excluding hydrogens is 248 g/mol. The van der Waals surface area contributed by atoms with E-state index in [1.165, 1.54) is 4.90 Å². The van der Waals surface area contributed by atoms with Crippen LogP contribution in [0.15, 0.2) is 0 Å². The minimum atomic E-state index is -1.03. The molecule has 2 aliphatic rings. The van der Waals surface area contributed by atoms with Gasteiger partial charge in [0.25, 0.3) is 0 Å². The van der Waals surface area contributed by atoms with E-state index in [1.54, 1.807) is 4.90 Å². The van der Waals surface area contributed by atoms with Crippen molar-refractivity contribution in [3.63, 3.8) is 0 Å². The van der Waals surface area contributed by atoms with Crippen LogP contribution >= 0.6 is 0 Å². The topological polar surface area (TPSA) is 81.1 Å². The predicted octanol–water partition coefficient (Wildman–Crippen LogP) is 0.748. The first-order valence-electron chi connectivity index (χ1n) is 6.99. The Morgan fingerprint density at radius 1 is 1.32 bits per heavy atom. The summed E-state index contributed by atoms with van der Waals surface area (Å²) in [4.78, 5) is 26.5. The molecule has 2 fully saturated rings. The van der Waals surface area contributed by atoms with Gasteiger partial charge in [0.2, 0.25) is 0 Å². The Kier molecular flexibility index (Phi) is 4.29. The zero-order valence-electron chi connectivity index (χ0n) is 11.3. The number of carboxylic acids is 1. The van der Waals surface area contributed by atoms with Gasteiger partial charge in [-0.2, -0.15) is 0 Å². The lowest BCUT2D eigenvalue weighted by molar-refractivity contribution is -0.141. The van der Waals surface area contributed by atoms with E-state index in [0.717, 1.165) is 19.3 Å². The number of carboxylic acid groups (broad SMARTS) is 1. The molecular formula is C13H22N2O4. The average molecular weight is 270 g/mol. The first-order valence-corrected chi connectivity index (χ1v) is 6.99. The fraction of sp³-hybridized carbons (Fsp3) is 0.846. The molecule has 19 heavy (non-hydrogen) atoms. The van der Waals surface area contributed by atoms with Crippen LogP contribution in [0, 0.1) is 5.92 Å². The van der Waals surface area contributed by atoms with Gasteiger partial charge in [-0.05, 0) is 18.8 Å². The third-order valence-electron chi connectivity index (χ3n) is 4.06. The highest BCUT2D eigenvalue weighted by molar-refractivity contribution is 5.83. The molecule has 2 aliphatic heterocycles. The lowest BCUT2D eigenvalue weighted by atomic mass is 10.0. The van der Waals surface area contributed by atoms with Crippen LogP contribution in [0.4, 0.5) is 4.79 Å². The molecule has 0 aromatic rings. The summed E-state index contributed by atoms with van der Waals surface area (Å²) in [7, 11) is 0. The molecule has 0 spiro atoms. The Morgan fingerprint density at radius 2 is 2.05 bits per heavy atom. The van der Waals surface area contributed by atoms with Crippen molar-refractivity contribution in [1.82, 2.24) is 9.80 Å². The third-order valence-corrected chi connectivity index (χ3v) is 4.06. The molecule has 0 radical (unpaired) electrons. The Labute approximate surface area is 113 Å². The number of hydrogen-bond acceptors (Lipinski definition) is 3. The SMILES string of the molecule is CCCC1CCN(C(=O)N2C[C@@H](O)C[C@H]2C(=O)O)C1. The summed E-state index contributed by atoms with van der Waals surface area (Å²) in [5.41, 5.74) is 0. The molecule has 108 valence electrons. The molecule has 2 N–H and O–H groups in total. The highest BCUT2D eigenvalue weighted by Crippen LogP contribution is 2.25. The molecule has 3 atom stereocenters. The Morgan fingerprint density at radius 3 is 2.68 bits per heavy atom. The summed E-state index contributed by atoms with van der Waals surface area (Å²) in [5, 5.41) is 18.7. The summed E-state index contributed by atoms with van der Waals surface area (Å²) in [6.45, 7) is 3.67. The highest BCUT2D eigenvalue weighted by atomic mass is 16.4. The van der Waals surface area contributed by atoms with Gasteiger partial charge in [-0.3, -0.25) is 0 Å². The summed E-state index contributed by atoms with van der Waals surface area (Å²) >= 11 is 0. The second-order valence-electron chi connectivity index (χ2n) is 5.57. The number of nitrogens with zero attached hydrogens (tertiary/aromatic N) is 2. The van der Waals surface area contributed by atoms with Crippen LogP contribution in [0.3, 0.4) is 0 Å². The molecule has 2 saturated heterocycles. The molecule has 0 aliphatic carbocycles. The number of hydrogen-bond donors (Lipinski definition) is 2. The van der Waals surface area contributed by atoms with E-state index < -0.39 is 18.1 Å². The van der Waals surface area contributed by atoms with Gasteiger partial charge < -0.3 is 20.0 Å². The number of β-amino-alcohol motifs (C(OH)–C–C–N with tert-alkyl or cyclic N) is 1. The fourth-order valence-corrected chi connectivity index (χ4v) is 3.09. The molecule has 1 unspecified atom stereocenters. The van der Waals surface area contributed by atoms with Gasteiger partial charge in [0, 0.05) is 26.1 Å². The largest absolute Gasteiger partial charge is 0.480 e. The van der Waals surface area contributed by atoms with Crippen molar-refractivity contribution in [2.75, 3.05) is 19.6 Å². The minimum Gasteiger partial charge on any atom is -0.480 e. The van der Waals surface area contributed by atoms with Crippen molar-refractivity contribution in [2.24, 2.45) is 5.92 Å². The number of aliphatic hydroxyl groups is 1. The average Bonchev–Trinajstić information content (AvgIpc) is 2.95. The van der Waals surface area contributed by atoms with Crippen molar-refractivity contribution < 1.29 is 19.8 Å². The van der Waals surface area contributed by atoms with Crippen molar-refractivity contribution in [3.8, 4) is 0 Å². The van der Waals surface area contributed by atoms with Crippen molar-refractivity contribution >= 4 is 12.0 Å². The molecule has 6 heteroatoms. The van der Waals surface area contributed by atoms with Crippen LogP contribution in [-0.4, -0.2) is 63.8 Å². The summed E-state index contributed by atoms with van der Waals surface area (Å²) in [6.07, 6.45) is 2.61. The van der Waals surface area contributed by atoms with E-state index in [9.17, 15) is 14.7 Å². The van der Waals surface area contributed by atoms with Crippen molar-refractivity contribution in [1.29, 1.82) is 0 Å². The van der Waals surface area contributed by atoms with Crippen LogP contribution in [0.25, 0.3) is 0 Å². The number of rotatable bonds is 3. The van der Waals surface area contributed by atoms with Gasteiger partial charge in [-0.25, -0.2) is 9.59 Å². The Balaban J connectivity index is 1.97. The van der Waals surface area contributed by atoms with Gasteiger partial charge in [0.05, 0.1) is 6.10 Å². The van der Waals surface area contributed by atoms with Crippen LogP contribution in [-0.2, 0) is 4.79 Å². The van der Waals surface area contributed by atoms with E-state index in [-0.39, 0.29) is 19.0 Å². The molecule has 0 bridgehead atoms. The highest BCUT2D eigenvalue weighted by Gasteiger charge is 2.41. The summed E-state index contributed by atoms with van der Waals surface area (Å²) in [5.74, 6) is -0.501. The number of amides is 2. The summed E-state index contributed by atoms with van der Waals surface area (Å²) in [6, 6.07) is -1.12. The second-order valence-corrected chi connectivity index (χ2v) is 5.57. The van der Waals surface area contributed by atoms with Crippen LogP contribution in [0.5, 0.6) is 0 Å². The molecule has 0 aromatic carbocycles. The molecule has 2 heterocycles. The van der Waals surface area contributed by atoms with Crippen molar-refractivity contribution in [3.05, 3.63) is 0 Å². The molecule has 0 saturated carbocycles. The zero-order chi connectivity index (χ0) is 14.0. The van der Waals surface area contributed by atoms with E-state index in [2.05, 4.69) is 6.92 Å². The first kappa shape index (κ1) is 14.1. The number of urea groups is 1. The lowest BCUT2D eigenvalue weighted by Crippen LogP contribution is -2.47. The Hall–Kier alpha value is -1.30. The van der Waals surface area contributed by atoms with E-state index in [1.807, 2.05) is 0 Å². The van der Waals surface area contributed by atoms with Crippen molar-refractivity contribution in [2.45, 2.75) is 44.8 Å². The van der Waals surface area contributed by atoms with Crippen LogP contribution < -0.4 is 0 Å². The standard InChI is InChI=1S/C13H22N2O4/c1-2-3-9-4-5-14(7-9)13(19)15-8-10(16)6-11(15)12(17)18/h9-11,16H,2-8H2,1H3,(H,17,18)/t9?,10-,11-/m0/s1. The van der Waals surface area contributed by atoms with Gasteiger partial charge in [-0.15, -0.1) is 0 Å². The normalized spacial score (nSPS) is 30.9. The van der Waals surface area contributed by atoms with Gasteiger partial charge >= 0.3 is 12.0 Å². The van der Waals surface area contributed by atoms with Crippen LogP contribution in [0.2, 0.25) is 0 Å². The van der Waals surface area contributed by atoms with E-state index >= 15 is 0 Å². The second kappa shape index (κ2) is 5.77. The maximum Gasteiger partial charge on any atom is 0.326 e. The fourth-order valence-electron chi connectivity index (χ4n) is 3.09. The Bertz CT molecular complexity index is 361. The third kappa shape index (κ3) is 3.00. The van der Waals surface area contributed by atoms with Gasteiger partial charge in [0.15, 0.2) is 0 Å². The smallest absolute Gasteiger partial charge is 0.326 e. The molecule has 2 rings (SSSR count). The zero-order valence-corrected chi connectivity index (χ0v) is 11.3. The summed E-state index contributed by atoms with van der Waals surface area (Å²) < 4.78 is 0. The molecule has 6 nitrogen and oxygen atoms in total. The first-order chi connectivity index (χ1) is 9.02. The minimum absolute atomic E-state index is 0.130. The van der Waals surface area contributed by atoms with Gasteiger partial charge in [0.1, 0.15) is 6.04 Å². The maximum absolute atomic E-state index is 12.3. The maximum atomic E-state index is 12.3. The number of carbonyl (C=O) groups is 2. The number of carbonyl (C=O) groups excluding carboxylic acids is 1. The van der Waals surface area contributed by atoms with Crippen LogP contribution in [0.1, 0.15) is 32.6 Å². The molecule has 2 amide bonds. The monoisotopic (exact) mass is 270 g/mol. The number of likely N-dealkylation sites (tertiary alicyclic amines) is 2. The lowest BCUT2D eigenvalue weighted by Gasteiger charge is -2.27. The number of aliphatic hydroxyl groups excluding tert-OH is 1. The quantitative estimate of drug-likeness (QED) is 0.793. The predicted molar refractivity (Wildman–Crippen MR) is 68.7 cm³/mol. The van der Waals surface area contributed by atoms with E-state index in [4.69, 9.17) is 5.11 Å².